The molecule has 15 heteroatoms. The van der Waals surface area contributed by atoms with E-state index in [0.717, 1.165) is 17.1 Å². The molecule has 222 valence electrons. The van der Waals surface area contributed by atoms with Crippen molar-refractivity contribution < 1.29 is 40.3 Å². The lowest BCUT2D eigenvalue weighted by Gasteiger charge is -2.19. The van der Waals surface area contributed by atoms with Crippen LogP contribution in [0.3, 0.4) is 0 Å². The molecule has 2 aliphatic rings. The van der Waals surface area contributed by atoms with Crippen LogP contribution in [-0.4, -0.2) is 42.3 Å². The van der Waals surface area contributed by atoms with Crippen molar-refractivity contribution in [3.05, 3.63) is 89.8 Å². The van der Waals surface area contributed by atoms with E-state index in [2.05, 4.69) is 25.0 Å². The number of halogens is 7. The van der Waals surface area contributed by atoms with Gasteiger partial charge in [-0.2, -0.15) is 31.4 Å². The lowest BCUT2D eigenvalue weighted by Crippen LogP contribution is -2.26. The van der Waals surface area contributed by atoms with Gasteiger partial charge >= 0.3 is 18.3 Å². The van der Waals surface area contributed by atoms with Crippen molar-refractivity contribution >= 4 is 5.97 Å². The van der Waals surface area contributed by atoms with Gasteiger partial charge in [0, 0.05) is 23.5 Å². The van der Waals surface area contributed by atoms with Gasteiger partial charge in [-0.05, 0) is 36.8 Å². The predicted octanol–water partition coefficient (Wildman–Crippen LogP) is 6.62. The van der Waals surface area contributed by atoms with Crippen LogP contribution in [0.2, 0.25) is 0 Å². The minimum Gasteiger partial charge on any atom is -0.464 e. The summed E-state index contributed by atoms with van der Waals surface area (Å²) in [6, 6.07) is 5.67. The number of imidazole rings is 1. The Kier molecular flexibility index (Phi) is 7.82. The standard InChI is InChI=1S/C28H19F7N6O2/c1-2-9-43-26(42)23(41-14-22-21(13-38-41)39-25(40-22)18-5-3-4-6-20(18)29)15-11-36-24(37-12-15)17-8-7-16(27(30,31)32)10-19(17)28(33,34)35/h3-8,10-14,23H,2,9H2,1H3. The van der Waals surface area contributed by atoms with E-state index in [4.69, 9.17) is 4.74 Å². The van der Waals surface area contributed by atoms with Gasteiger partial charge in [0.15, 0.2) is 17.7 Å². The van der Waals surface area contributed by atoms with Crippen molar-refractivity contribution in [2.24, 2.45) is 0 Å². The highest BCUT2D eigenvalue weighted by Crippen LogP contribution is 2.40. The van der Waals surface area contributed by atoms with E-state index in [1.54, 1.807) is 13.0 Å². The second-order valence-corrected chi connectivity index (χ2v) is 9.22. The van der Waals surface area contributed by atoms with Gasteiger partial charge in [-0.15, -0.1) is 0 Å². The van der Waals surface area contributed by atoms with Gasteiger partial charge in [-0.25, -0.2) is 29.1 Å². The summed E-state index contributed by atoms with van der Waals surface area (Å²) in [7, 11) is 0. The van der Waals surface area contributed by atoms with E-state index >= 15 is 0 Å². The van der Waals surface area contributed by atoms with E-state index in [1.807, 2.05) is 0 Å². The van der Waals surface area contributed by atoms with Gasteiger partial charge in [0.05, 0.1) is 35.7 Å². The van der Waals surface area contributed by atoms with Crippen LogP contribution in [0.15, 0.2) is 67.3 Å². The van der Waals surface area contributed by atoms with Gasteiger partial charge in [-0.1, -0.05) is 19.1 Å². The number of hydrogen-bond donors (Lipinski definition) is 0. The number of esters is 1. The molecular weight excluding hydrogens is 585 g/mol. The summed E-state index contributed by atoms with van der Waals surface area (Å²) in [6.07, 6.45) is -4.89. The third kappa shape index (κ3) is 6.15. The Hall–Kier alpha value is -4.95. The van der Waals surface area contributed by atoms with Crippen molar-refractivity contribution in [2.75, 3.05) is 6.61 Å². The number of aromatic nitrogens is 6. The van der Waals surface area contributed by atoms with Crippen molar-refractivity contribution in [1.29, 1.82) is 0 Å². The lowest BCUT2D eigenvalue weighted by atomic mass is 10.0. The second-order valence-electron chi connectivity index (χ2n) is 9.22. The molecule has 1 atom stereocenters. The summed E-state index contributed by atoms with van der Waals surface area (Å²) >= 11 is 0. The Bertz CT molecular complexity index is 1740. The summed E-state index contributed by atoms with van der Waals surface area (Å²) in [4.78, 5) is 29.6. The molecule has 1 aromatic heterocycles. The molecule has 0 bridgehead atoms. The van der Waals surface area contributed by atoms with Gasteiger partial charge < -0.3 is 4.74 Å². The number of nitrogens with zero attached hydrogens (tertiary/aromatic N) is 6. The molecule has 43 heavy (non-hydrogen) atoms. The van der Waals surface area contributed by atoms with Crippen LogP contribution in [0, 0.1) is 5.82 Å². The van der Waals surface area contributed by atoms with Crippen molar-refractivity contribution in [3.63, 3.8) is 0 Å². The number of carbonyl (C=O) groups is 1. The number of benzene rings is 2. The second kappa shape index (κ2) is 11.4. The van der Waals surface area contributed by atoms with E-state index in [0.29, 0.717) is 24.2 Å². The molecule has 0 aliphatic carbocycles. The number of carbonyl (C=O) groups excluding carboxylic acids is 1. The van der Waals surface area contributed by atoms with Crippen LogP contribution < -0.4 is 0 Å². The zero-order chi connectivity index (χ0) is 30.9. The average molecular weight is 604 g/mol. The molecule has 3 aromatic rings. The summed E-state index contributed by atoms with van der Waals surface area (Å²) in [5, 5.41) is 4.21. The molecule has 8 nitrogen and oxygen atoms in total. The zero-order valence-electron chi connectivity index (χ0n) is 22.0. The highest BCUT2D eigenvalue weighted by Gasteiger charge is 2.39. The number of rotatable bonds is 7. The highest BCUT2D eigenvalue weighted by atomic mass is 19.4. The Balaban J connectivity index is 1.54. The van der Waals surface area contributed by atoms with Crippen molar-refractivity contribution in [3.8, 4) is 34.2 Å². The molecular formula is C28H19F7N6O2. The minimum absolute atomic E-state index is 0.0109. The maximum absolute atomic E-state index is 14.3. The maximum atomic E-state index is 14.3. The molecule has 0 saturated carbocycles. The first kappa shape index (κ1) is 29.5. The molecule has 0 amide bonds. The van der Waals surface area contributed by atoms with Gasteiger partial charge in [-0.3, -0.25) is 4.68 Å². The number of hydrogen-bond acceptors (Lipinski definition) is 7. The van der Waals surface area contributed by atoms with Crippen molar-refractivity contribution in [1.82, 2.24) is 29.7 Å². The molecule has 0 spiro atoms. The normalized spacial score (nSPS) is 12.8. The third-order valence-electron chi connectivity index (χ3n) is 6.21. The summed E-state index contributed by atoms with van der Waals surface area (Å²) in [5.41, 5.74) is -2.99. The minimum atomic E-state index is -5.14. The summed E-state index contributed by atoms with van der Waals surface area (Å²) < 4.78 is 101. The van der Waals surface area contributed by atoms with Crippen LogP contribution in [0.1, 0.15) is 36.1 Å². The van der Waals surface area contributed by atoms with E-state index in [-0.39, 0.29) is 35.3 Å². The summed E-state index contributed by atoms with van der Waals surface area (Å²) in [5.74, 6) is -1.77. The first-order valence-electron chi connectivity index (χ1n) is 12.6. The quantitative estimate of drug-likeness (QED) is 0.152. The molecule has 0 radical (unpaired) electrons. The Morgan fingerprint density at radius 1 is 0.884 bits per heavy atom. The molecule has 1 unspecified atom stereocenters. The number of fused-ring (bicyclic) bond motifs is 1. The molecule has 0 fully saturated rings. The Labute approximate surface area is 238 Å². The fourth-order valence-electron chi connectivity index (χ4n) is 4.19. The van der Waals surface area contributed by atoms with Gasteiger partial charge in [0.25, 0.3) is 0 Å². The van der Waals surface area contributed by atoms with Gasteiger partial charge in [0.1, 0.15) is 17.2 Å². The highest BCUT2D eigenvalue weighted by molar-refractivity contribution is 5.78. The number of ether oxygens (including phenoxy) is 1. The fraction of sp³-hybridized carbons (Fsp3) is 0.214. The molecule has 2 aliphatic heterocycles. The van der Waals surface area contributed by atoms with E-state index in [1.165, 1.54) is 30.6 Å². The molecule has 0 saturated heterocycles. The lowest BCUT2D eigenvalue weighted by molar-refractivity contribution is -0.147. The predicted molar refractivity (Wildman–Crippen MR) is 137 cm³/mol. The largest absolute Gasteiger partial charge is 0.464 e. The maximum Gasteiger partial charge on any atom is 0.417 e. The molecule has 2 aromatic carbocycles. The molecule has 0 N–H and O–H groups in total. The monoisotopic (exact) mass is 604 g/mol. The van der Waals surface area contributed by atoms with Crippen LogP contribution in [-0.2, 0) is 21.9 Å². The first-order chi connectivity index (χ1) is 20.4. The zero-order valence-corrected chi connectivity index (χ0v) is 22.0. The first-order valence-corrected chi connectivity index (χ1v) is 12.6. The summed E-state index contributed by atoms with van der Waals surface area (Å²) in [6.45, 7) is 1.81. The number of alkyl halides is 6. The van der Waals surface area contributed by atoms with Crippen LogP contribution in [0.25, 0.3) is 34.2 Å². The third-order valence-corrected chi connectivity index (χ3v) is 6.21. The van der Waals surface area contributed by atoms with E-state index in [9.17, 15) is 35.5 Å². The smallest absolute Gasteiger partial charge is 0.417 e. The SMILES string of the molecule is CCCOC(=O)C(c1cnc(-c2ccc(C(F)(F)F)cc2C(F)(F)F)nc1)n1cc2nc(-c3ccccc3F)nc-2cn1. The van der Waals surface area contributed by atoms with Crippen LogP contribution >= 0.6 is 0 Å². The Morgan fingerprint density at radius 2 is 1.58 bits per heavy atom. The van der Waals surface area contributed by atoms with Crippen LogP contribution in [0.5, 0.6) is 0 Å². The van der Waals surface area contributed by atoms with Crippen LogP contribution in [0.4, 0.5) is 30.7 Å². The fourth-order valence-corrected chi connectivity index (χ4v) is 4.19. The molecule has 5 rings (SSSR count). The van der Waals surface area contributed by atoms with Crippen molar-refractivity contribution in [2.45, 2.75) is 31.7 Å². The average Bonchev–Trinajstić information content (AvgIpc) is 3.39. The topological polar surface area (TPSA) is 95.7 Å². The van der Waals surface area contributed by atoms with Gasteiger partial charge in [0.2, 0.25) is 0 Å². The van der Waals surface area contributed by atoms with E-state index < -0.39 is 52.7 Å². The Morgan fingerprint density at radius 3 is 2.23 bits per heavy atom. The molecule has 3 heterocycles.